The Kier molecular flexibility index (Phi) is 14.0. The number of alkyl carbamates (subject to hydrolysis) is 1. The lowest BCUT2D eigenvalue weighted by atomic mass is 10.0. The number of rotatable bonds is 15. The standard InChI is InChI=1S/C30H41N3O7S2/c1-21(34)31-20-42-18-25(32-28(37)40-29(2,3)4)26(35)33-30(5,27(36)39-16-22-10-8-7-9-11-22)19-41-17-23-12-14-24(38-6)15-13-23/h7-15,25H,16-20H2,1-6H3,(H,31,34)(H,32,37)(H,33,35)/t25-,30+/m0/s1. The molecule has 0 saturated heterocycles. The van der Waals surface area contributed by atoms with E-state index in [2.05, 4.69) is 16.0 Å². The largest absolute Gasteiger partial charge is 0.497 e. The number of carbonyl (C=O) groups excluding carboxylic acids is 4. The van der Waals surface area contributed by atoms with Gasteiger partial charge in [0.05, 0.1) is 13.0 Å². The van der Waals surface area contributed by atoms with E-state index in [-0.39, 0.29) is 29.9 Å². The van der Waals surface area contributed by atoms with Crippen molar-refractivity contribution in [3.8, 4) is 5.75 Å². The number of esters is 1. The number of ether oxygens (including phenoxy) is 3. The number of nitrogens with one attached hydrogen (secondary N) is 3. The number of benzene rings is 2. The third-order valence-electron chi connectivity index (χ3n) is 5.60. The van der Waals surface area contributed by atoms with Gasteiger partial charge in [-0.25, -0.2) is 9.59 Å². The molecule has 0 spiro atoms. The first-order chi connectivity index (χ1) is 19.8. The Morgan fingerprint density at radius 2 is 1.57 bits per heavy atom. The first kappa shape index (κ1) is 34.8. The van der Waals surface area contributed by atoms with E-state index in [1.165, 1.54) is 30.4 Å². The van der Waals surface area contributed by atoms with Crippen LogP contribution in [0.2, 0.25) is 0 Å². The van der Waals surface area contributed by atoms with Gasteiger partial charge in [0.2, 0.25) is 11.8 Å². The van der Waals surface area contributed by atoms with Gasteiger partial charge in [-0.05, 0) is 51.0 Å². The quantitative estimate of drug-likeness (QED) is 0.152. The van der Waals surface area contributed by atoms with Crippen molar-refractivity contribution in [3.05, 3.63) is 65.7 Å². The summed E-state index contributed by atoms with van der Waals surface area (Å²) < 4.78 is 16.2. The average molecular weight is 620 g/mol. The van der Waals surface area contributed by atoms with Gasteiger partial charge in [-0.1, -0.05) is 42.5 Å². The maximum atomic E-state index is 13.6. The molecule has 0 aliphatic rings. The van der Waals surface area contributed by atoms with Crippen LogP contribution in [0.3, 0.4) is 0 Å². The lowest BCUT2D eigenvalue weighted by Crippen LogP contribution is -2.60. The minimum Gasteiger partial charge on any atom is -0.497 e. The Bertz CT molecular complexity index is 1170. The van der Waals surface area contributed by atoms with Crippen LogP contribution < -0.4 is 20.7 Å². The average Bonchev–Trinajstić information content (AvgIpc) is 2.93. The van der Waals surface area contributed by atoms with E-state index in [1.54, 1.807) is 34.8 Å². The van der Waals surface area contributed by atoms with Gasteiger partial charge in [0, 0.05) is 24.2 Å². The molecule has 0 aliphatic heterocycles. The summed E-state index contributed by atoms with van der Waals surface area (Å²) in [6, 6.07) is 15.8. The van der Waals surface area contributed by atoms with Crippen molar-refractivity contribution in [2.45, 2.75) is 64.2 Å². The third-order valence-corrected chi connectivity index (χ3v) is 7.83. The van der Waals surface area contributed by atoms with Gasteiger partial charge in [-0.2, -0.15) is 11.8 Å². The van der Waals surface area contributed by atoms with E-state index in [1.807, 2.05) is 54.6 Å². The summed E-state index contributed by atoms with van der Waals surface area (Å²) in [7, 11) is 1.60. The van der Waals surface area contributed by atoms with Gasteiger partial charge in [-0.15, -0.1) is 11.8 Å². The zero-order chi connectivity index (χ0) is 31.2. The molecule has 0 aromatic heterocycles. The molecule has 2 aromatic rings. The van der Waals surface area contributed by atoms with E-state index >= 15 is 0 Å². The SMILES string of the molecule is COc1ccc(CSC[C@@](C)(NC(=O)[C@H](CSCNC(C)=O)NC(=O)OC(C)(C)C)C(=O)OCc2ccccc2)cc1. The smallest absolute Gasteiger partial charge is 0.408 e. The Hall–Kier alpha value is -3.38. The summed E-state index contributed by atoms with van der Waals surface area (Å²) >= 11 is 2.70. The molecule has 2 aromatic carbocycles. The van der Waals surface area contributed by atoms with Crippen LogP contribution in [0.15, 0.2) is 54.6 Å². The lowest BCUT2D eigenvalue weighted by Gasteiger charge is -2.31. The van der Waals surface area contributed by atoms with Crippen LogP contribution in [0, 0.1) is 0 Å². The van der Waals surface area contributed by atoms with Crippen LogP contribution in [0.1, 0.15) is 45.7 Å². The van der Waals surface area contributed by atoms with Crippen molar-refractivity contribution in [2.24, 2.45) is 0 Å². The first-order valence-electron chi connectivity index (χ1n) is 13.4. The van der Waals surface area contributed by atoms with Crippen LogP contribution in [-0.4, -0.2) is 65.6 Å². The van der Waals surface area contributed by atoms with E-state index in [0.717, 1.165) is 16.9 Å². The van der Waals surface area contributed by atoms with E-state index in [9.17, 15) is 19.2 Å². The number of thioether (sulfide) groups is 2. The second kappa shape index (κ2) is 16.9. The topological polar surface area (TPSA) is 132 Å². The maximum Gasteiger partial charge on any atom is 0.408 e. The molecule has 0 bridgehead atoms. The second-order valence-electron chi connectivity index (χ2n) is 10.7. The van der Waals surface area contributed by atoms with Crippen molar-refractivity contribution in [1.29, 1.82) is 0 Å². The molecule has 230 valence electrons. The van der Waals surface area contributed by atoms with E-state index in [0.29, 0.717) is 5.75 Å². The summed E-state index contributed by atoms with van der Waals surface area (Å²) in [5, 5.41) is 8.07. The number of hydrogen-bond acceptors (Lipinski definition) is 9. The molecule has 0 radical (unpaired) electrons. The van der Waals surface area contributed by atoms with E-state index in [4.69, 9.17) is 14.2 Å². The molecule has 12 heteroatoms. The van der Waals surface area contributed by atoms with Crippen molar-refractivity contribution < 1.29 is 33.4 Å². The normalized spacial score (nSPS) is 13.2. The fraction of sp³-hybridized carbons (Fsp3) is 0.467. The Morgan fingerprint density at radius 1 is 0.905 bits per heavy atom. The Labute approximate surface area is 256 Å². The molecule has 2 rings (SSSR count). The minimum atomic E-state index is -1.42. The van der Waals surface area contributed by atoms with Crippen LogP contribution in [0.5, 0.6) is 5.75 Å². The van der Waals surface area contributed by atoms with Gasteiger partial charge < -0.3 is 30.2 Å². The molecule has 10 nitrogen and oxygen atoms in total. The van der Waals surface area contributed by atoms with Crippen LogP contribution in [0.25, 0.3) is 0 Å². The zero-order valence-electron chi connectivity index (χ0n) is 25.0. The summed E-state index contributed by atoms with van der Waals surface area (Å²) in [5.74, 6) is 0.480. The molecule has 42 heavy (non-hydrogen) atoms. The molecule has 0 saturated carbocycles. The predicted molar refractivity (Wildman–Crippen MR) is 166 cm³/mol. The highest BCUT2D eigenvalue weighted by Crippen LogP contribution is 2.22. The third kappa shape index (κ3) is 13.1. The number of methoxy groups -OCH3 is 1. The Morgan fingerprint density at radius 3 is 2.17 bits per heavy atom. The molecule has 0 aliphatic carbocycles. The molecule has 2 atom stereocenters. The van der Waals surface area contributed by atoms with Gasteiger partial charge in [0.1, 0.15) is 29.5 Å². The van der Waals surface area contributed by atoms with Crippen molar-refractivity contribution in [1.82, 2.24) is 16.0 Å². The number of amides is 3. The molecule has 3 N–H and O–H groups in total. The summed E-state index contributed by atoms with van der Waals surface area (Å²) in [4.78, 5) is 50.8. The molecule has 0 unspecified atom stereocenters. The van der Waals surface area contributed by atoms with Gasteiger partial charge in [0.15, 0.2) is 0 Å². The molecule has 3 amide bonds. The van der Waals surface area contributed by atoms with Crippen molar-refractivity contribution in [3.63, 3.8) is 0 Å². The summed E-state index contributed by atoms with van der Waals surface area (Å²) in [6.07, 6.45) is -0.773. The zero-order valence-corrected chi connectivity index (χ0v) is 26.6. The summed E-state index contributed by atoms with van der Waals surface area (Å²) in [6.45, 7) is 8.18. The highest BCUT2D eigenvalue weighted by atomic mass is 32.2. The fourth-order valence-corrected chi connectivity index (χ4v) is 5.47. The minimum absolute atomic E-state index is 0.0421. The lowest BCUT2D eigenvalue weighted by molar-refractivity contribution is -0.153. The highest BCUT2D eigenvalue weighted by molar-refractivity contribution is 7.99. The highest BCUT2D eigenvalue weighted by Gasteiger charge is 2.39. The van der Waals surface area contributed by atoms with Crippen LogP contribution in [0.4, 0.5) is 4.79 Å². The molecular weight excluding hydrogens is 578 g/mol. The number of hydrogen-bond donors (Lipinski definition) is 3. The fourth-order valence-electron chi connectivity index (χ4n) is 3.44. The van der Waals surface area contributed by atoms with Crippen LogP contribution in [-0.2, 0) is 36.2 Å². The Balaban J connectivity index is 2.19. The molecular formula is C30H41N3O7S2. The molecule has 0 fully saturated rings. The van der Waals surface area contributed by atoms with Gasteiger partial charge >= 0.3 is 12.1 Å². The monoisotopic (exact) mass is 619 g/mol. The van der Waals surface area contributed by atoms with Crippen molar-refractivity contribution in [2.75, 3.05) is 24.5 Å². The van der Waals surface area contributed by atoms with Crippen LogP contribution >= 0.6 is 23.5 Å². The van der Waals surface area contributed by atoms with Gasteiger partial charge in [0.25, 0.3) is 0 Å². The summed E-state index contributed by atoms with van der Waals surface area (Å²) in [5.41, 5.74) is -0.364. The number of carbonyl (C=O) groups is 4. The second-order valence-corrected chi connectivity index (χ2v) is 12.7. The maximum absolute atomic E-state index is 13.6. The van der Waals surface area contributed by atoms with Crippen molar-refractivity contribution >= 4 is 47.4 Å². The first-order valence-corrected chi connectivity index (χ1v) is 15.7. The predicted octanol–water partition coefficient (Wildman–Crippen LogP) is 4.27. The molecule has 0 heterocycles. The van der Waals surface area contributed by atoms with Gasteiger partial charge in [-0.3, -0.25) is 9.59 Å². The van der Waals surface area contributed by atoms with E-state index < -0.39 is 35.2 Å².